The lowest BCUT2D eigenvalue weighted by atomic mass is 9.82. The van der Waals surface area contributed by atoms with Crippen LogP contribution in [0.1, 0.15) is 185 Å². The summed E-state index contributed by atoms with van der Waals surface area (Å²) in [6.45, 7) is 16.5. The second-order valence-electron chi connectivity index (χ2n) is 33.4. The second kappa shape index (κ2) is 34.0. The summed E-state index contributed by atoms with van der Waals surface area (Å²) in [5, 5.41) is 2.85. The summed E-state index contributed by atoms with van der Waals surface area (Å²) in [6, 6.07) is 12.1. The van der Waals surface area contributed by atoms with Crippen molar-refractivity contribution in [2.24, 2.45) is 58.2 Å². The fraction of sp³-hybridized carbons (Fsp3) is 0.634. The Kier molecular flexibility index (Phi) is 25.8. The van der Waals surface area contributed by atoms with E-state index in [9.17, 15) is 81.5 Å². The molecule has 24 nitrogen and oxygen atoms in total. The number of alkyl halides is 6. The van der Waals surface area contributed by atoms with Crippen LogP contribution in [-0.4, -0.2) is 168 Å². The van der Waals surface area contributed by atoms with Crippen LogP contribution in [0.3, 0.4) is 0 Å². The first-order chi connectivity index (χ1) is 53.5. The number of nitrogens with one attached hydrogen (secondary N) is 2. The average Bonchev–Trinajstić information content (AvgIpc) is 1.57. The van der Waals surface area contributed by atoms with E-state index in [1.165, 1.54) is 9.80 Å². The smallest absolute Gasteiger partial charge is 0.425 e. The maximum absolute atomic E-state index is 14.8. The lowest BCUT2D eigenvalue weighted by molar-refractivity contribution is -0.216. The molecular formula is C82H104F6N6O18S2. The summed E-state index contributed by atoms with van der Waals surface area (Å²) >= 11 is 0. The number of Topliss-reactive ketones (excluding diaryl/α,β-unsaturated/α-hetero) is 2. The number of sulfonamides is 2. The fourth-order valence-corrected chi connectivity index (χ4v) is 19.1. The van der Waals surface area contributed by atoms with Crippen molar-refractivity contribution in [1.29, 1.82) is 0 Å². The predicted molar refractivity (Wildman–Crippen MR) is 407 cm³/mol. The Morgan fingerprint density at radius 2 is 0.930 bits per heavy atom. The molecular weight excluding hydrogens is 1540 g/mol. The van der Waals surface area contributed by atoms with Gasteiger partial charge < -0.3 is 38.2 Å². The molecule has 2 N–H and O–H groups in total. The van der Waals surface area contributed by atoms with Crippen LogP contribution >= 0.6 is 0 Å². The van der Waals surface area contributed by atoms with Crippen LogP contribution < -0.4 is 28.4 Å². The van der Waals surface area contributed by atoms with Crippen molar-refractivity contribution in [1.82, 2.24) is 29.2 Å². The number of rotatable bonds is 20. The third kappa shape index (κ3) is 19.6. The van der Waals surface area contributed by atoms with Gasteiger partial charge in [0.25, 0.3) is 0 Å². The molecule has 4 aromatic rings. The zero-order valence-electron chi connectivity index (χ0n) is 65.9. The van der Waals surface area contributed by atoms with E-state index in [2.05, 4.69) is 19.4 Å². The van der Waals surface area contributed by atoms with Crippen molar-refractivity contribution in [3.05, 3.63) is 85.2 Å². The lowest BCUT2D eigenvalue weighted by Gasteiger charge is -2.32. The predicted octanol–water partition coefficient (Wildman–Crippen LogP) is 12.9. The number of aromatic nitrogens is 2. The number of carbonyl (C=O) groups excluding carboxylic acids is 8. The molecule has 6 fully saturated rings. The van der Waals surface area contributed by atoms with Crippen LogP contribution in [-0.2, 0) is 67.9 Å². The number of fused-ring (bicyclic) bond motifs is 6. The van der Waals surface area contributed by atoms with E-state index < -0.39 is 185 Å². The van der Waals surface area contributed by atoms with Gasteiger partial charge in [0.2, 0.25) is 55.4 Å². The van der Waals surface area contributed by atoms with Gasteiger partial charge in [-0.1, -0.05) is 52.0 Å². The minimum atomic E-state index is -4.80. The van der Waals surface area contributed by atoms with Gasteiger partial charge in [0.05, 0.1) is 83.4 Å². The number of hydrogen-bond donors (Lipinski definition) is 2. The van der Waals surface area contributed by atoms with Gasteiger partial charge in [-0.15, -0.1) is 0 Å². The van der Waals surface area contributed by atoms with Crippen LogP contribution in [0.2, 0.25) is 0 Å². The van der Waals surface area contributed by atoms with E-state index in [4.69, 9.17) is 28.4 Å². The molecule has 0 radical (unpaired) electrons. The van der Waals surface area contributed by atoms with Gasteiger partial charge in [-0.2, -0.15) is 26.3 Å². The molecule has 12 rings (SSSR count). The number of esters is 2. The Morgan fingerprint density at radius 3 is 1.27 bits per heavy atom. The Labute approximate surface area is 660 Å². The highest BCUT2D eigenvalue weighted by Gasteiger charge is 2.65. The highest BCUT2D eigenvalue weighted by molar-refractivity contribution is 7.92. The summed E-state index contributed by atoms with van der Waals surface area (Å²) in [7, 11) is -8.05. The number of hydrogen-bond acceptors (Lipinski definition) is 20. The molecule has 6 heterocycles. The fourth-order valence-electron chi connectivity index (χ4n) is 16.4. The summed E-state index contributed by atoms with van der Waals surface area (Å²) < 4.78 is 169. The highest BCUT2D eigenvalue weighted by atomic mass is 32.2. The molecule has 32 heteroatoms. The third-order valence-electron chi connectivity index (χ3n) is 24.5. The lowest BCUT2D eigenvalue weighted by Crippen LogP contribution is -2.48. The number of halogens is 6. The zero-order valence-corrected chi connectivity index (χ0v) is 67.6. The maximum Gasteiger partial charge on any atom is 0.425 e. The SMILES string of the molecule is CCOc1ccc2c(O[C@@H]3C[C@H]4C(=O)C[C@]5(C(=O)NS(=O)(=O)C6(C)CC6)C[C@H]5/C=C\CC[C@@H](C)C[C@@H](C)[C@H](CC(=O)O[C@H](C)C(F)(F)F)C(=O)N4C3)nccc2c1.CCOc1ccc2c(O[C@@H]3C[C@H]4C(=O)C[C@]5(C(=O)NS(=O)(=O)C6(C)CC6)C[C@H]5/C=C\CC[C@H](C)C[C@@H](C)[C@H](CC(=O)O[C@H](C)C(F)(F)F)C(=O)N4C3)nccc2c1. The van der Waals surface area contributed by atoms with E-state index in [-0.39, 0.29) is 75.2 Å². The van der Waals surface area contributed by atoms with E-state index in [0.717, 1.165) is 24.6 Å². The zero-order chi connectivity index (χ0) is 83.0. The second-order valence-corrected chi connectivity index (χ2v) is 37.8. The van der Waals surface area contributed by atoms with Gasteiger partial charge in [0.1, 0.15) is 23.7 Å². The van der Waals surface area contributed by atoms with Crippen molar-refractivity contribution < 1.29 is 110 Å². The van der Waals surface area contributed by atoms with E-state index in [1.807, 2.05) is 64.1 Å². The minimum absolute atomic E-state index is 0.0126. The normalized spacial score (nSPS) is 30.2. The maximum atomic E-state index is 14.8. The number of benzene rings is 2. The first-order valence-electron chi connectivity index (χ1n) is 39.6. The van der Waals surface area contributed by atoms with Gasteiger partial charge in [-0.3, -0.25) is 47.8 Å². The van der Waals surface area contributed by atoms with Crippen molar-refractivity contribution in [3.63, 3.8) is 0 Å². The molecule has 4 amide bonds. The summed E-state index contributed by atoms with van der Waals surface area (Å²) in [5.74, 6) is -8.41. The number of pyridine rings is 2. The van der Waals surface area contributed by atoms with Gasteiger partial charge in [-0.25, -0.2) is 26.8 Å². The van der Waals surface area contributed by atoms with Crippen molar-refractivity contribution >= 4 is 88.7 Å². The number of allylic oxidation sites excluding steroid dienone is 4. The van der Waals surface area contributed by atoms with Crippen molar-refractivity contribution in [3.8, 4) is 23.3 Å². The molecule has 2 aromatic heterocycles. The Morgan fingerprint density at radius 1 is 0.561 bits per heavy atom. The highest BCUT2D eigenvalue weighted by Crippen LogP contribution is 2.59. The van der Waals surface area contributed by atoms with Crippen LogP contribution in [0.25, 0.3) is 21.5 Å². The van der Waals surface area contributed by atoms with Crippen molar-refractivity contribution in [2.45, 2.75) is 243 Å². The Hall–Kier alpha value is -8.42. The largest absolute Gasteiger partial charge is 0.494 e. The average molecular weight is 1640 g/mol. The van der Waals surface area contributed by atoms with Gasteiger partial charge in [0.15, 0.2) is 23.8 Å². The molecule has 4 aliphatic heterocycles. The van der Waals surface area contributed by atoms with E-state index in [1.54, 1.807) is 76.5 Å². The standard InChI is InChI=1S/2C41H52F3N3O9S/c2*1-6-54-29-11-12-31-27(18-29)13-16-45-36(31)56-30-19-33-34(48)22-40(38(51)46-57(52,53)39(5)14-15-39)21-28(40)10-8-7-9-24(2)17-25(3)32(37(50)47(33)23-30)20-35(49)55-26(4)41(42,43)44/h2*8,10-13,16,18,24-26,28,30,32-33H,6-7,9,14-15,17,19-23H2,1-5H3,(H,46,51)/b2*10-8-/t24-,25+,26+,28+,30+,32-,33-,40+;24-,25-,26-,28-,30-,32+,33+,40-/m01/s1. The molecule has 4 saturated carbocycles. The topological polar surface area (TPSA) is 317 Å². The summed E-state index contributed by atoms with van der Waals surface area (Å²) in [6.07, 6.45) is -1.78. The van der Waals surface area contributed by atoms with Gasteiger partial charge >= 0.3 is 24.3 Å². The number of amides is 4. The molecule has 2 aromatic carbocycles. The number of ether oxygens (including phenoxy) is 6. The summed E-state index contributed by atoms with van der Waals surface area (Å²) in [4.78, 5) is 124. The minimum Gasteiger partial charge on any atom is -0.494 e. The molecule has 0 spiro atoms. The summed E-state index contributed by atoms with van der Waals surface area (Å²) in [5.41, 5.74) is -2.74. The van der Waals surface area contributed by atoms with Crippen LogP contribution in [0.4, 0.5) is 26.3 Å². The Bertz CT molecular complexity index is 4330. The molecule has 624 valence electrons. The number of nitrogens with zero attached hydrogens (tertiary/aromatic N) is 4. The number of carbonyl (C=O) groups is 8. The quantitative estimate of drug-likeness (QED) is 0.0472. The molecule has 0 bridgehead atoms. The van der Waals surface area contributed by atoms with Crippen LogP contribution in [0.15, 0.2) is 85.2 Å². The van der Waals surface area contributed by atoms with Gasteiger partial charge in [0, 0.05) is 48.8 Å². The molecule has 16 atom stereocenters. The van der Waals surface area contributed by atoms with E-state index >= 15 is 0 Å². The van der Waals surface area contributed by atoms with Crippen LogP contribution in [0, 0.1) is 58.2 Å². The molecule has 114 heavy (non-hydrogen) atoms. The Balaban J connectivity index is 0.000000225. The molecule has 0 unspecified atom stereocenters. The first kappa shape index (κ1) is 86.4. The third-order valence-corrected chi connectivity index (χ3v) is 28.8. The molecule has 2 saturated heterocycles. The first-order valence-corrected chi connectivity index (χ1v) is 42.5. The molecule has 8 aliphatic rings. The molecule has 4 aliphatic carbocycles. The van der Waals surface area contributed by atoms with Crippen molar-refractivity contribution in [2.75, 3.05) is 26.3 Å². The van der Waals surface area contributed by atoms with Gasteiger partial charge in [-0.05, 0) is 213 Å². The number of ketones is 2. The monoisotopic (exact) mass is 1640 g/mol. The van der Waals surface area contributed by atoms with E-state index in [0.29, 0.717) is 99.7 Å². The van der Waals surface area contributed by atoms with Crippen LogP contribution in [0.5, 0.6) is 23.3 Å².